The molecule has 1 aliphatic heterocycles. The molecule has 3 heterocycles. The summed E-state index contributed by atoms with van der Waals surface area (Å²) >= 11 is 24.4. The summed E-state index contributed by atoms with van der Waals surface area (Å²) in [5, 5.41) is 10.9. The number of hydrogen-bond acceptors (Lipinski definition) is 7. The second-order valence-electron chi connectivity index (χ2n) is 8.86. The van der Waals surface area contributed by atoms with Crippen molar-refractivity contribution in [2.75, 3.05) is 33.2 Å². The molecule has 1 fully saturated rings. The van der Waals surface area contributed by atoms with Crippen molar-refractivity contribution in [2.45, 2.75) is 13.3 Å². The van der Waals surface area contributed by atoms with Crippen LogP contribution in [0.5, 0.6) is 5.75 Å². The zero-order valence-electron chi connectivity index (χ0n) is 20.6. The molecular formula is C26H25Cl3N6O2S. The van der Waals surface area contributed by atoms with E-state index in [9.17, 15) is 0 Å². The lowest BCUT2D eigenvalue weighted by Crippen LogP contribution is -2.45. The molecular weight excluding hydrogens is 567 g/mol. The number of ether oxygens (including phenoxy) is 1. The van der Waals surface area contributed by atoms with E-state index in [1.807, 2.05) is 30.3 Å². The van der Waals surface area contributed by atoms with Crippen molar-refractivity contribution in [3.8, 4) is 17.1 Å². The van der Waals surface area contributed by atoms with E-state index in [1.165, 1.54) is 0 Å². The van der Waals surface area contributed by atoms with E-state index < -0.39 is 0 Å². The molecule has 0 N–H and O–H groups in total. The summed E-state index contributed by atoms with van der Waals surface area (Å²) in [6, 6.07) is 16.2. The highest BCUT2D eigenvalue weighted by atomic mass is 35.5. The highest BCUT2D eigenvalue weighted by molar-refractivity contribution is 7.71. The molecule has 0 amide bonds. The van der Waals surface area contributed by atoms with Crippen LogP contribution in [0.3, 0.4) is 0 Å². The predicted octanol–water partition coefficient (Wildman–Crippen LogP) is 6.30. The highest BCUT2D eigenvalue weighted by Gasteiger charge is 2.18. The van der Waals surface area contributed by atoms with E-state index in [0.717, 1.165) is 31.7 Å². The molecule has 2 aromatic carbocycles. The Balaban J connectivity index is 1.40. The van der Waals surface area contributed by atoms with E-state index in [0.29, 0.717) is 49.6 Å². The van der Waals surface area contributed by atoms with Crippen LogP contribution in [0.25, 0.3) is 11.3 Å². The Morgan fingerprint density at radius 3 is 2.58 bits per heavy atom. The lowest BCUT2D eigenvalue weighted by Gasteiger charge is -2.31. The van der Waals surface area contributed by atoms with Crippen molar-refractivity contribution in [1.29, 1.82) is 0 Å². The number of hydrogen-bond donors (Lipinski definition) is 0. The summed E-state index contributed by atoms with van der Waals surface area (Å²) in [7, 11) is 2.12. The Morgan fingerprint density at radius 2 is 1.82 bits per heavy atom. The van der Waals surface area contributed by atoms with Gasteiger partial charge in [0.15, 0.2) is 5.82 Å². The Bertz CT molecular complexity index is 1510. The zero-order valence-corrected chi connectivity index (χ0v) is 23.6. The van der Waals surface area contributed by atoms with Gasteiger partial charge in [0.05, 0.1) is 22.9 Å². The number of rotatable bonds is 8. The maximum Gasteiger partial charge on any atom is 0.220 e. The van der Waals surface area contributed by atoms with Gasteiger partial charge in [0, 0.05) is 36.8 Å². The molecule has 5 rings (SSSR count). The van der Waals surface area contributed by atoms with Crippen LogP contribution in [0.4, 0.5) is 0 Å². The Hall–Kier alpha value is -2.66. The molecule has 0 bridgehead atoms. The number of furan rings is 1. The first kappa shape index (κ1) is 26.9. The van der Waals surface area contributed by atoms with Gasteiger partial charge in [-0.25, -0.2) is 4.68 Å². The first-order chi connectivity index (χ1) is 18.4. The van der Waals surface area contributed by atoms with Crippen LogP contribution in [0.2, 0.25) is 15.1 Å². The number of nitrogens with zero attached hydrogens (tertiary/aromatic N) is 6. The molecule has 0 spiro atoms. The normalized spacial score (nSPS) is 14.9. The lowest BCUT2D eigenvalue weighted by molar-refractivity contribution is 0.118. The molecule has 0 radical (unpaired) electrons. The van der Waals surface area contributed by atoms with Gasteiger partial charge in [0.2, 0.25) is 4.77 Å². The van der Waals surface area contributed by atoms with Gasteiger partial charge in [-0.3, -0.25) is 4.90 Å². The van der Waals surface area contributed by atoms with Gasteiger partial charge in [-0.2, -0.15) is 9.78 Å². The molecule has 12 heteroatoms. The number of likely N-dealkylation sites (N-methyl/N-ethyl adjacent to an activating group) is 1. The summed E-state index contributed by atoms with van der Waals surface area (Å²) < 4.78 is 15.7. The number of piperazine rings is 1. The molecule has 4 aromatic rings. The zero-order chi connectivity index (χ0) is 26.6. The topological polar surface area (TPSA) is 64.0 Å². The van der Waals surface area contributed by atoms with Gasteiger partial charge in [-0.15, -0.1) is 5.10 Å². The quantitative estimate of drug-likeness (QED) is 0.177. The highest BCUT2D eigenvalue weighted by Crippen LogP contribution is 2.31. The maximum atomic E-state index is 6.34. The van der Waals surface area contributed by atoms with Crippen LogP contribution in [0.1, 0.15) is 11.6 Å². The Kier molecular flexibility index (Phi) is 8.52. The van der Waals surface area contributed by atoms with Gasteiger partial charge in [0.1, 0.15) is 23.9 Å². The van der Waals surface area contributed by atoms with Gasteiger partial charge >= 0.3 is 0 Å². The molecule has 0 aliphatic carbocycles. The molecule has 38 heavy (non-hydrogen) atoms. The van der Waals surface area contributed by atoms with E-state index in [-0.39, 0.29) is 6.61 Å². The molecule has 0 unspecified atom stereocenters. The smallest absolute Gasteiger partial charge is 0.220 e. The van der Waals surface area contributed by atoms with Crippen molar-refractivity contribution >= 4 is 53.2 Å². The second-order valence-corrected chi connectivity index (χ2v) is 10.5. The SMILES string of the molecule is CN1CCN(Cn2nc(COc3ccccc3Cl)n(N=Cc3ccc(-c4ccc(Cl)cc4Cl)o3)c2=S)CC1. The van der Waals surface area contributed by atoms with E-state index in [1.54, 1.807) is 39.8 Å². The Labute approximate surface area is 240 Å². The van der Waals surface area contributed by atoms with Crippen LogP contribution in [0, 0.1) is 4.77 Å². The van der Waals surface area contributed by atoms with Crippen molar-refractivity contribution in [2.24, 2.45) is 5.10 Å². The fourth-order valence-corrected chi connectivity index (χ4v) is 4.94. The summed E-state index contributed by atoms with van der Waals surface area (Å²) in [4.78, 5) is 4.61. The van der Waals surface area contributed by atoms with Crippen LogP contribution < -0.4 is 4.74 Å². The van der Waals surface area contributed by atoms with Gasteiger partial charge in [0.25, 0.3) is 0 Å². The van der Waals surface area contributed by atoms with Crippen molar-refractivity contribution < 1.29 is 9.15 Å². The maximum absolute atomic E-state index is 6.34. The summed E-state index contributed by atoms with van der Waals surface area (Å²) in [5.74, 6) is 2.22. The number of aromatic nitrogens is 3. The third-order valence-corrected chi connectivity index (χ3v) is 7.37. The standard InChI is InChI=1S/C26H25Cl3N6O2S/c1-32-10-12-33(13-11-32)17-34-26(38)35(25(31-34)16-36-24-5-3-2-4-21(24)28)30-15-19-7-9-23(37-19)20-8-6-18(27)14-22(20)29/h2-9,14-15H,10-13,16-17H2,1H3. The fraction of sp³-hybridized carbons (Fsp3) is 0.269. The monoisotopic (exact) mass is 590 g/mol. The summed E-state index contributed by atoms with van der Waals surface area (Å²) in [6.07, 6.45) is 1.59. The minimum Gasteiger partial charge on any atom is -0.484 e. The van der Waals surface area contributed by atoms with Crippen LogP contribution in [-0.2, 0) is 13.3 Å². The number of para-hydroxylation sites is 1. The van der Waals surface area contributed by atoms with E-state index in [2.05, 4.69) is 21.9 Å². The second kappa shape index (κ2) is 12.0. The Morgan fingerprint density at radius 1 is 1.03 bits per heavy atom. The van der Waals surface area contributed by atoms with Crippen LogP contribution >= 0.6 is 47.0 Å². The van der Waals surface area contributed by atoms with E-state index in [4.69, 9.17) is 61.3 Å². The molecule has 0 saturated carbocycles. The van der Waals surface area contributed by atoms with Crippen molar-refractivity contribution in [1.82, 2.24) is 24.3 Å². The first-order valence-electron chi connectivity index (χ1n) is 11.9. The van der Waals surface area contributed by atoms with Crippen molar-refractivity contribution in [3.05, 3.63) is 86.0 Å². The van der Waals surface area contributed by atoms with Gasteiger partial charge < -0.3 is 14.1 Å². The molecule has 1 saturated heterocycles. The number of halogens is 3. The van der Waals surface area contributed by atoms with Crippen LogP contribution in [0.15, 0.2) is 64.1 Å². The third kappa shape index (κ3) is 6.31. The molecule has 8 nitrogen and oxygen atoms in total. The third-order valence-electron chi connectivity index (χ3n) is 6.13. The van der Waals surface area contributed by atoms with Gasteiger partial charge in [-0.05, 0) is 61.7 Å². The summed E-state index contributed by atoms with van der Waals surface area (Å²) in [6.45, 7) is 4.54. The largest absolute Gasteiger partial charge is 0.484 e. The molecule has 198 valence electrons. The first-order valence-corrected chi connectivity index (χ1v) is 13.5. The average molecular weight is 592 g/mol. The minimum absolute atomic E-state index is 0.129. The van der Waals surface area contributed by atoms with Crippen LogP contribution in [-0.4, -0.2) is 63.7 Å². The molecule has 2 aromatic heterocycles. The van der Waals surface area contributed by atoms with Crippen molar-refractivity contribution in [3.63, 3.8) is 0 Å². The molecule has 1 aliphatic rings. The summed E-state index contributed by atoms with van der Waals surface area (Å²) in [5.41, 5.74) is 0.737. The minimum atomic E-state index is 0.129. The number of benzene rings is 2. The lowest BCUT2D eigenvalue weighted by atomic mass is 10.2. The molecule has 0 atom stereocenters. The fourth-order valence-electron chi connectivity index (χ4n) is 4.00. The van der Waals surface area contributed by atoms with Gasteiger partial charge in [-0.1, -0.05) is 46.9 Å². The van der Waals surface area contributed by atoms with E-state index >= 15 is 0 Å². The average Bonchev–Trinajstić information content (AvgIpc) is 3.48. The predicted molar refractivity (Wildman–Crippen MR) is 153 cm³/mol.